The predicted molar refractivity (Wildman–Crippen MR) is 87.8 cm³/mol. The van der Waals surface area contributed by atoms with E-state index in [-0.39, 0.29) is 35.6 Å². The molecule has 1 aromatic heterocycles. The smallest absolute Gasteiger partial charge is 0.548 e. The third-order valence-electron chi connectivity index (χ3n) is 4.83. The molecule has 0 fully saturated rings. The summed E-state index contributed by atoms with van der Waals surface area (Å²) in [6.45, 7) is -1.37. The number of carboxylic acids is 1. The molecule has 0 spiro atoms. The summed E-state index contributed by atoms with van der Waals surface area (Å²) in [6.07, 6.45) is -7.80. The quantitative estimate of drug-likeness (QED) is 0.238. The Kier molecular flexibility index (Phi) is 9.91. The number of carbonyl (C=O) groups excluding carboxylic acids is 1. The van der Waals surface area contributed by atoms with Crippen molar-refractivity contribution >= 4 is 11.7 Å². The van der Waals surface area contributed by atoms with Crippen molar-refractivity contribution in [2.24, 2.45) is 0 Å². The van der Waals surface area contributed by atoms with Crippen LogP contribution in [0, 0.1) is 17.5 Å². The number of hydrogen-bond acceptors (Lipinski definition) is 6. The van der Waals surface area contributed by atoms with Crippen LogP contribution in [0.15, 0.2) is 10.6 Å². The summed E-state index contributed by atoms with van der Waals surface area (Å²) in [6, 6.07) is -0.286. The Morgan fingerprint density at radius 3 is 1.67 bits per heavy atom. The van der Waals surface area contributed by atoms with Crippen molar-refractivity contribution < 1.29 is 123 Å². The molecule has 6 nitrogen and oxygen atoms in total. The van der Waals surface area contributed by atoms with Gasteiger partial charge >= 0.3 is 71.3 Å². The Morgan fingerprint density at radius 1 is 0.762 bits per heavy atom. The molecule has 1 aromatic carbocycles. The monoisotopic (exact) mass is 663 g/mol. The number of hydrogen-bond donors (Lipinski definition) is 1. The number of aromatic nitrogens is 2. The second-order valence-electron chi connectivity index (χ2n) is 7.50. The Balaban J connectivity index is 0.00000882. The minimum absolute atomic E-state index is 0. The van der Waals surface area contributed by atoms with Crippen LogP contribution < -0.4 is 40.0 Å². The number of halogens is 18. The Hall–Kier alpha value is -2.63. The average Bonchev–Trinajstić information content (AvgIpc) is 3.30. The summed E-state index contributed by atoms with van der Waals surface area (Å²) in [5.74, 6) is -63.2. The maximum absolute atomic E-state index is 14.2. The molecule has 0 amide bonds. The molecule has 0 aliphatic rings. The van der Waals surface area contributed by atoms with Crippen molar-refractivity contribution in [1.82, 2.24) is 10.1 Å². The van der Waals surface area contributed by atoms with Gasteiger partial charge in [0.2, 0.25) is 5.82 Å². The fourth-order valence-corrected chi connectivity index (χ4v) is 2.64. The normalized spacial score (nSPS) is 14.0. The summed E-state index contributed by atoms with van der Waals surface area (Å²) in [4.78, 5) is 12.4. The molecule has 1 N–H and O–H groups in total. The standard InChI is InChI=1S/C17H5F18N3O3.Na/c18-4-1-3(6(19)7(20)8(4)36-2-5(39)40)9-37-10(38-41-9)11(21,22)12(23,24)13(25,26)14(27,28)15(29,30)16(31,32)17(33,34)35;/h1,36H,2H2,(H,39,40);/q;+1/p-1. The predicted octanol–water partition coefficient (Wildman–Crippen LogP) is 2.15. The molecule has 2 aromatic rings. The van der Waals surface area contributed by atoms with Crippen molar-refractivity contribution in [2.45, 2.75) is 41.7 Å². The van der Waals surface area contributed by atoms with Gasteiger partial charge in [0, 0.05) is 0 Å². The van der Waals surface area contributed by atoms with Gasteiger partial charge in [0.05, 0.1) is 18.1 Å². The van der Waals surface area contributed by atoms with Gasteiger partial charge in [-0.2, -0.15) is 70.8 Å². The van der Waals surface area contributed by atoms with E-state index in [1.807, 2.05) is 5.16 Å². The Bertz CT molecular complexity index is 1330. The van der Waals surface area contributed by atoms with Crippen LogP contribution in [0.1, 0.15) is 5.82 Å². The maximum Gasteiger partial charge on any atom is 1.00 e. The van der Waals surface area contributed by atoms with Crippen molar-refractivity contribution in [2.75, 3.05) is 11.9 Å². The summed E-state index contributed by atoms with van der Waals surface area (Å²) in [5, 5.41) is 13.6. The first-order chi connectivity index (χ1) is 18.1. The first-order valence-electron chi connectivity index (χ1n) is 9.40. The molecule has 0 aliphatic carbocycles. The number of nitrogens with one attached hydrogen (secondary N) is 1. The average molecular weight is 663 g/mol. The molecule has 1 heterocycles. The second kappa shape index (κ2) is 11.1. The van der Waals surface area contributed by atoms with Crippen molar-refractivity contribution in [3.63, 3.8) is 0 Å². The van der Waals surface area contributed by atoms with Crippen molar-refractivity contribution in [3.8, 4) is 11.5 Å². The first-order valence-corrected chi connectivity index (χ1v) is 9.40. The number of carbonyl (C=O) groups is 1. The van der Waals surface area contributed by atoms with Gasteiger partial charge in [-0.25, -0.2) is 13.2 Å². The number of alkyl halides is 15. The van der Waals surface area contributed by atoms with Crippen LogP contribution in [0.4, 0.5) is 84.7 Å². The van der Waals surface area contributed by atoms with Crippen LogP contribution in [0.5, 0.6) is 0 Å². The minimum Gasteiger partial charge on any atom is -0.548 e. The summed E-state index contributed by atoms with van der Waals surface area (Å²) >= 11 is 0. The molecule has 42 heavy (non-hydrogen) atoms. The third kappa shape index (κ3) is 5.43. The van der Waals surface area contributed by atoms with E-state index >= 15 is 0 Å². The van der Waals surface area contributed by atoms with Gasteiger partial charge in [0.15, 0.2) is 11.6 Å². The Labute approximate surface area is 239 Å². The zero-order valence-electron chi connectivity index (χ0n) is 19.2. The van der Waals surface area contributed by atoms with Gasteiger partial charge in [0.1, 0.15) is 11.5 Å². The molecule has 0 atom stereocenters. The summed E-state index contributed by atoms with van der Waals surface area (Å²) < 4.78 is 246. The summed E-state index contributed by atoms with van der Waals surface area (Å²) in [7, 11) is 0. The van der Waals surface area contributed by atoms with Crippen molar-refractivity contribution in [3.05, 3.63) is 29.3 Å². The summed E-state index contributed by atoms with van der Waals surface area (Å²) in [5.41, 5.74) is -3.39. The maximum atomic E-state index is 14.2. The zero-order chi connectivity index (χ0) is 32.4. The van der Waals surface area contributed by atoms with Gasteiger partial charge < -0.3 is 19.7 Å². The Morgan fingerprint density at radius 2 is 1.21 bits per heavy atom. The minimum atomic E-state index is -8.61. The largest absolute Gasteiger partial charge is 1.00 e. The molecular formula is C17H4F18N3NaO3. The third-order valence-corrected chi connectivity index (χ3v) is 4.83. The number of benzene rings is 1. The molecule has 0 bridgehead atoms. The molecular weight excluding hydrogens is 659 g/mol. The first kappa shape index (κ1) is 37.4. The van der Waals surface area contributed by atoms with Crippen LogP contribution in [-0.4, -0.2) is 58.4 Å². The van der Waals surface area contributed by atoms with E-state index in [1.54, 1.807) is 0 Å². The number of nitrogens with zero attached hydrogens (tertiary/aromatic N) is 2. The molecule has 25 heteroatoms. The van der Waals surface area contributed by atoms with Gasteiger partial charge in [0.25, 0.3) is 5.89 Å². The van der Waals surface area contributed by atoms with E-state index in [1.165, 1.54) is 5.32 Å². The van der Waals surface area contributed by atoms with E-state index < -0.39 is 94.6 Å². The van der Waals surface area contributed by atoms with Gasteiger partial charge in [-0.05, 0) is 6.07 Å². The molecule has 232 valence electrons. The number of carboxylic acid groups (broad SMARTS) is 1. The fraction of sp³-hybridized carbons (Fsp3) is 0.471. The van der Waals surface area contributed by atoms with Crippen LogP contribution in [0.2, 0.25) is 0 Å². The van der Waals surface area contributed by atoms with Gasteiger partial charge in [-0.15, -0.1) is 0 Å². The number of aliphatic carboxylic acids is 1. The second-order valence-corrected chi connectivity index (χ2v) is 7.50. The van der Waals surface area contributed by atoms with Crippen LogP contribution in [0.25, 0.3) is 11.5 Å². The molecule has 0 unspecified atom stereocenters. The zero-order valence-corrected chi connectivity index (χ0v) is 21.2. The van der Waals surface area contributed by atoms with Crippen LogP contribution in [0.3, 0.4) is 0 Å². The van der Waals surface area contributed by atoms with Crippen LogP contribution in [-0.2, 0) is 10.7 Å². The van der Waals surface area contributed by atoms with Crippen LogP contribution >= 0.6 is 0 Å². The molecule has 2 rings (SSSR count). The van der Waals surface area contributed by atoms with Crippen molar-refractivity contribution in [1.29, 1.82) is 0 Å². The van der Waals surface area contributed by atoms with E-state index in [0.29, 0.717) is 0 Å². The topological polar surface area (TPSA) is 91.1 Å². The van der Waals surface area contributed by atoms with E-state index in [0.717, 1.165) is 0 Å². The number of anilines is 1. The van der Waals surface area contributed by atoms with E-state index in [2.05, 4.69) is 9.51 Å². The molecule has 0 radical (unpaired) electrons. The fourth-order valence-electron chi connectivity index (χ4n) is 2.64. The van der Waals surface area contributed by atoms with Gasteiger partial charge in [-0.1, -0.05) is 5.16 Å². The molecule has 0 saturated heterocycles. The van der Waals surface area contributed by atoms with E-state index in [9.17, 15) is 88.9 Å². The SMILES string of the molecule is O=C([O-])CNc1c(F)cc(-c2nc(C(F)(F)C(F)(F)C(F)(F)C(F)(F)C(F)(F)C(F)(F)C(F)(F)F)no2)c(F)c1F.[Na+]. The van der Waals surface area contributed by atoms with E-state index in [4.69, 9.17) is 0 Å². The van der Waals surface area contributed by atoms with Gasteiger partial charge in [-0.3, -0.25) is 0 Å². The molecule has 0 saturated carbocycles. The number of rotatable bonds is 10. The molecule has 0 aliphatic heterocycles.